The first-order valence-electron chi connectivity index (χ1n) is 8.31. The first kappa shape index (κ1) is 18.2. The second-order valence-electron chi connectivity index (χ2n) is 6.22. The molecule has 2 amide bonds. The molecule has 2 rings (SSSR count). The van der Waals surface area contributed by atoms with Crippen LogP contribution in [0.4, 0.5) is 0 Å². The van der Waals surface area contributed by atoms with Gasteiger partial charge in [0, 0.05) is 25.4 Å². The standard InChI is InChI=1S/C17H25N3O4/c1-12(2)24-16-9-13(6-7-18-16)10-19-15(22)11-20-8-4-3-5-14(21)17(20)23/h6-7,9,12,14,21H,3-5,8,10-11H2,1-2H3,(H,19,22). The summed E-state index contributed by atoms with van der Waals surface area (Å²) in [6, 6.07) is 3.58. The number of rotatable bonds is 6. The molecule has 1 aromatic heterocycles. The molecule has 0 aliphatic carbocycles. The smallest absolute Gasteiger partial charge is 0.251 e. The average Bonchev–Trinajstić information content (AvgIpc) is 2.68. The van der Waals surface area contributed by atoms with Crippen LogP contribution in [-0.2, 0) is 16.1 Å². The summed E-state index contributed by atoms with van der Waals surface area (Å²) in [5.74, 6) is -0.0951. The number of aliphatic hydroxyl groups excluding tert-OH is 1. The second-order valence-corrected chi connectivity index (χ2v) is 6.22. The molecule has 1 aliphatic heterocycles. The zero-order valence-electron chi connectivity index (χ0n) is 14.2. The minimum absolute atomic E-state index is 0.0304. The van der Waals surface area contributed by atoms with Crippen LogP contribution in [-0.4, -0.2) is 52.1 Å². The van der Waals surface area contributed by atoms with E-state index in [1.54, 1.807) is 18.3 Å². The fourth-order valence-corrected chi connectivity index (χ4v) is 2.54. The maximum absolute atomic E-state index is 12.1. The molecule has 0 bridgehead atoms. The number of nitrogens with one attached hydrogen (secondary N) is 1. The topological polar surface area (TPSA) is 91.8 Å². The number of aromatic nitrogens is 1. The van der Waals surface area contributed by atoms with Gasteiger partial charge in [-0.05, 0) is 44.7 Å². The number of amides is 2. The Bertz CT molecular complexity index is 577. The predicted molar refractivity (Wildman–Crippen MR) is 88.3 cm³/mol. The van der Waals surface area contributed by atoms with Gasteiger partial charge in [0.05, 0.1) is 12.6 Å². The van der Waals surface area contributed by atoms with E-state index in [2.05, 4.69) is 10.3 Å². The quantitative estimate of drug-likeness (QED) is 0.804. The summed E-state index contributed by atoms with van der Waals surface area (Å²) in [5.41, 5.74) is 0.872. The van der Waals surface area contributed by atoms with Crippen molar-refractivity contribution in [2.45, 2.75) is 51.9 Å². The first-order valence-corrected chi connectivity index (χ1v) is 8.31. The minimum Gasteiger partial charge on any atom is -0.475 e. The molecule has 2 N–H and O–H groups in total. The van der Waals surface area contributed by atoms with E-state index in [4.69, 9.17) is 4.74 Å². The predicted octanol–water partition coefficient (Wildman–Crippen LogP) is 0.858. The Morgan fingerprint density at radius 2 is 2.29 bits per heavy atom. The van der Waals surface area contributed by atoms with Crippen LogP contribution in [0.15, 0.2) is 18.3 Å². The highest BCUT2D eigenvalue weighted by molar-refractivity contribution is 5.87. The molecule has 0 aromatic carbocycles. The highest BCUT2D eigenvalue weighted by atomic mass is 16.5. The van der Waals surface area contributed by atoms with Crippen LogP contribution in [0.25, 0.3) is 0 Å². The Morgan fingerprint density at radius 3 is 3.04 bits per heavy atom. The van der Waals surface area contributed by atoms with Crippen molar-refractivity contribution in [1.82, 2.24) is 15.2 Å². The number of pyridine rings is 1. The lowest BCUT2D eigenvalue weighted by Crippen LogP contribution is -2.44. The summed E-state index contributed by atoms with van der Waals surface area (Å²) in [7, 11) is 0. The van der Waals surface area contributed by atoms with Gasteiger partial charge in [-0.15, -0.1) is 0 Å². The first-order chi connectivity index (χ1) is 11.5. The van der Waals surface area contributed by atoms with E-state index < -0.39 is 6.10 Å². The number of nitrogens with zero attached hydrogens (tertiary/aromatic N) is 2. The highest BCUT2D eigenvalue weighted by Gasteiger charge is 2.26. The van der Waals surface area contributed by atoms with E-state index in [0.717, 1.165) is 18.4 Å². The minimum atomic E-state index is -0.990. The number of hydrogen-bond acceptors (Lipinski definition) is 5. The molecule has 7 heteroatoms. The summed E-state index contributed by atoms with van der Waals surface area (Å²) in [5, 5.41) is 12.5. The van der Waals surface area contributed by atoms with Crippen LogP contribution in [0.1, 0.15) is 38.7 Å². The van der Waals surface area contributed by atoms with Crippen molar-refractivity contribution < 1.29 is 19.4 Å². The Balaban J connectivity index is 1.85. The molecular formula is C17H25N3O4. The van der Waals surface area contributed by atoms with Crippen molar-refractivity contribution in [3.05, 3.63) is 23.9 Å². The van der Waals surface area contributed by atoms with E-state index in [-0.39, 0.29) is 24.5 Å². The van der Waals surface area contributed by atoms with Gasteiger partial charge >= 0.3 is 0 Å². The Kier molecular flexibility index (Phi) is 6.54. The van der Waals surface area contributed by atoms with Gasteiger partial charge in [-0.2, -0.15) is 0 Å². The van der Waals surface area contributed by atoms with Crippen molar-refractivity contribution >= 4 is 11.8 Å². The molecule has 132 valence electrons. The third-order valence-corrected chi connectivity index (χ3v) is 3.73. The molecule has 1 aliphatic rings. The average molecular weight is 335 g/mol. The molecule has 1 saturated heterocycles. The fourth-order valence-electron chi connectivity index (χ4n) is 2.54. The number of aliphatic hydroxyl groups is 1. The fraction of sp³-hybridized carbons (Fsp3) is 0.588. The lowest BCUT2D eigenvalue weighted by atomic mass is 10.2. The lowest BCUT2D eigenvalue weighted by Gasteiger charge is -2.21. The van der Waals surface area contributed by atoms with E-state index in [1.807, 2.05) is 13.8 Å². The Hall–Kier alpha value is -2.15. The number of likely N-dealkylation sites (tertiary alicyclic amines) is 1. The molecule has 7 nitrogen and oxygen atoms in total. The molecule has 1 atom stereocenters. The van der Waals surface area contributed by atoms with Gasteiger partial charge in [0.25, 0.3) is 5.91 Å². The van der Waals surface area contributed by atoms with Crippen molar-refractivity contribution in [2.24, 2.45) is 0 Å². The van der Waals surface area contributed by atoms with Crippen molar-refractivity contribution in [3.8, 4) is 5.88 Å². The second kappa shape index (κ2) is 8.63. The number of carbonyl (C=O) groups excluding carboxylic acids is 2. The van der Waals surface area contributed by atoms with Crippen LogP contribution in [0.3, 0.4) is 0 Å². The van der Waals surface area contributed by atoms with Crippen molar-refractivity contribution in [2.75, 3.05) is 13.1 Å². The van der Waals surface area contributed by atoms with Gasteiger partial charge in [-0.25, -0.2) is 4.98 Å². The van der Waals surface area contributed by atoms with Crippen LogP contribution >= 0.6 is 0 Å². The Morgan fingerprint density at radius 1 is 1.50 bits per heavy atom. The number of ether oxygens (including phenoxy) is 1. The third kappa shape index (κ3) is 5.49. The van der Waals surface area contributed by atoms with Gasteiger partial charge in [0.15, 0.2) is 0 Å². The van der Waals surface area contributed by atoms with Gasteiger partial charge in [0.1, 0.15) is 6.10 Å². The third-order valence-electron chi connectivity index (χ3n) is 3.73. The molecule has 1 aromatic rings. The molecule has 1 fully saturated rings. The maximum Gasteiger partial charge on any atom is 0.251 e. The van der Waals surface area contributed by atoms with E-state index in [1.165, 1.54) is 4.90 Å². The summed E-state index contributed by atoms with van der Waals surface area (Å²) < 4.78 is 5.52. The van der Waals surface area contributed by atoms with Crippen molar-refractivity contribution in [1.29, 1.82) is 0 Å². The van der Waals surface area contributed by atoms with Crippen LogP contribution in [0.2, 0.25) is 0 Å². The van der Waals surface area contributed by atoms with Gasteiger partial charge < -0.3 is 20.1 Å². The molecule has 0 radical (unpaired) electrons. The summed E-state index contributed by atoms with van der Waals surface area (Å²) in [6.07, 6.45) is 2.73. The van der Waals surface area contributed by atoms with E-state index >= 15 is 0 Å². The monoisotopic (exact) mass is 335 g/mol. The SMILES string of the molecule is CC(C)Oc1cc(CNC(=O)CN2CCCCC(O)C2=O)ccn1. The number of carbonyl (C=O) groups is 2. The maximum atomic E-state index is 12.1. The van der Waals surface area contributed by atoms with Crippen LogP contribution in [0, 0.1) is 0 Å². The summed E-state index contributed by atoms with van der Waals surface area (Å²) in [4.78, 5) is 29.6. The summed E-state index contributed by atoms with van der Waals surface area (Å²) in [6.45, 7) is 4.65. The normalized spacial score (nSPS) is 18.4. The van der Waals surface area contributed by atoms with Gasteiger partial charge in [0.2, 0.25) is 11.8 Å². The molecule has 24 heavy (non-hydrogen) atoms. The van der Waals surface area contributed by atoms with Gasteiger partial charge in [-0.1, -0.05) is 0 Å². The molecule has 1 unspecified atom stereocenters. The zero-order valence-corrected chi connectivity index (χ0v) is 14.2. The number of hydrogen-bond donors (Lipinski definition) is 2. The lowest BCUT2D eigenvalue weighted by molar-refractivity contribution is -0.142. The molecule has 2 heterocycles. The van der Waals surface area contributed by atoms with Crippen LogP contribution < -0.4 is 10.1 Å². The zero-order chi connectivity index (χ0) is 17.5. The highest BCUT2D eigenvalue weighted by Crippen LogP contribution is 2.12. The molecule has 0 saturated carbocycles. The largest absolute Gasteiger partial charge is 0.475 e. The summed E-state index contributed by atoms with van der Waals surface area (Å²) >= 11 is 0. The van der Waals surface area contributed by atoms with E-state index in [9.17, 15) is 14.7 Å². The van der Waals surface area contributed by atoms with Crippen molar-refractivity contribution in [3.63, 3.8) is 0 Å². The van der Waals surface area contributed by atoms with Crippen LogP contribution in [0.5, 0.6) is 5.88 Å². The van der Waals surface area contributed by atoms with E-state index in [0.29, 0.717) is 25.4 Å². The molecular weight excluding hydrogens is 310 g/mol. The molecule has 0 spiro atoms. The van der Waals surface area contributed by atoms with Gasteiger partial charge in [-0.3, -0.25) is 9.59 Å². The Labute approximate surface area is 142 Å².